The number of hydrogen-bond donors (Lipinski definition) is 2. The lowest BCUT2D eigenvalue weighted by molar-refractivity contribution is -0.140. The van der Waals surface area contributed by atoms with Crippen LogP contribution in [0, 0.1) is 5.92 Å². The molecule has 0 saturated carbocycles. The maximum Gasteiger partial charge on any atom is 0.320 e. The van der Waals surface area contributed by atoms with E-state index < -0.39 is 12.0 Å². The van der Waals surface area contributed by atoms with Crippen LogP contribution in [-0.4, -0.2) is 30.8 Å². The number of ether oxygens (including phenoxy) is 2. The molecule has 0 aliphatic heterocycles. The second kappa shape index (κ2) is 9.82. The van der Waals surface area contributed by atoms with E-state index in [1.807, 2.05) is 50.2 Å². The molecule has 0 aliphatic carbocycles. The maximum absolute atomic E-state index is 11.3. The van der Waals surface area contributed by atoms with Crippen molar-refractivity contribution in [3.8, 4) is 11.5 Å². The van der Waals surface area contributed by atoms with Gasteiger partial charge in [-0.1, -0.05) is 50.2 Å². The molecular formula is C21H27NO4. The highest BCUT2D eigenvalue weighted by molar-refractivity contribution is 5.73. The van der Waals surface area contributed by atoms with E-state index in [2.05, 4.69) is 17.4 Å². The summed E-state index contributed by atoms with van der Waals surface area (Å²) in [5.41, 5.74) is 2.17. The molecular weight excluding hydrogens is 330 g/mol. The highest BCUT2D eigenvalue weighted by atomic mass is 16.5. The van der Waals surface area contributed by atoms with Crippen LogP contribution in [0.15, 0.2) is 48.5 Å². The molecule has 0 bridgehead atoms. The summed E-state index contributed by atoms with van der Waals surface area (Å²) in [6.07, 6.45) is 0.821. The van der Waals surface area contributed by atoms with E-state index in [1.165, 1.54) is 5.56 Å². The molecule has 1 atom stereocenters. The smallest absolute Gasteiger partial charge is 0.320 e. The van der Waals surface area contributed by atoms with Crippen LogP contribution >= 0.6 is 0 Å². The Hall–Kier alpha value is -2.53. The predicted octanol–water partition coefficient (Wildman–Crippen LogP) is 3.52. The minimum Gasteiger partial charge on any atom is -0.493 e. The van der Waals surface area contributed by atoms with E-state index in [0.717, 1.165) is 12.0 Å². The fourth-order valence-corrected chi connectivity index (χ4v) is 2.70. The Bertz CT molecular complexity index is 700. The topological polar surface area (TPSA) is 67.8 Å². The zero-order valence-electron chi connectivity index (χ0n) is 15.6. The van der Waals surface area contributed by atoms with Gasteiger partial charge < -0.3 is 19.9 Å². The quantitative estimate of drug-likeness (QED) is 0.681. The van der Waals surface area contributed by atoms with Gasteiger partial charge in [0.25, 0.3) is 0 Å². The first kappa shape index (κ1) is 19.8. The standard InChI is InChI=1S/C21H27NO4/c1-15(2)20(21(23)24)22-14-17-9-10-18(19(13-17)25-3)26-12-11-16-7-5-4-6-8-16/h4-10,13,15,20,22H,11-12,14H2,1-3H3,(H,23,24). The van der Waals surface area contributed by atoms with Gasteiger partial charge in [-0.25, -0.2) is 0 Å². The van der Waals surface area contributed by atoms with Gasteiger partial charge in [-0.15, -0.1) is 0 Å². The summed E-state index contributed by atoms with van der Waals surface area (Å²) in [6, 6.07) is 15.3. The summed E-state index contributed by atoms with van der Waals surface area (Å²) in [7, 11) is 1.60. The molecule has 2 N–H and O–H groups in total. The van der Waals surface area contributed by atoms with Crippen molar-refractivity contribution < 1.29 is 19.4 Å². The molecule has 0 aliphatic rings. The number of benzene rings is 2. The summed E-state index contributed by atoms with van der Waals surface area (Å²) in [5.74, 6) is 0.502. The van der Waals surface area contributed by atoms with Crippen LogP contribution in [0.1, 0.15) is 25.0 Å². The molecule has 5 heteroatoms. The Morgan fingerprint density at radius 1 is 1.08 bits per heavy atom. The van der Waals surface area contributed by atoms with E-state index in [4.69, 9.17) is 9.47 Å². The average molecular weight is 357 g/mol. The SMILES string of the molecule is COc1cc(CNC(C(=O)O)C(C)C)ccc1OCCc1ccccc1. The normalized spacial score (nSPS) is 12.0. The van der Waals surface area contributed by atoms with E-state index in [-0.39, 0.29) is 5.92 Å². The second-order valence-corrected chi connectivity index (χ2v) is 6.51. The molecule has 0 heterocycles. The van der Waals surface area contributed by atoms with Gasteiger partial charge in [0.05, 0.1) is 13.7 Å². The number of rotatable bonds is 10. The van der Waals surface area contributed by atoms with Gasteiger partial charge in [0.15, 0.2) is 11.5 Å². The third-order valence-corrected chi connectivity index (χ3v) is 4.18. The lowest BCUT2D eigenvalue weighted by atomic mass is 10.0. The number of nitrogens with one attached hydrogen (secondary N) is 1. The molecule has 26 heavy (non-hydrogen) atoms. The Balaban J connectivity index is 1.94. The predicted molar refractivity (Wildman–Crippen MR) is 102 cm³/mol. The van der Waals surface area contributed by atoms with Crippen molar-refractivity contribution in [2.24, 2.45) is 5.92 Å². The molecule has 2 aromatic carbocycles. The van der Waals surface area contributed by atoms with Crippen molar-refractivity contribution in [1.82, 2.24) is 5.32 Å². The number of hydrogen-bond acceptors (Lipinski definition) is 4. The Labute approximate surface area is 155 Å². The summed E-state index contributed by atoms with van der Waals surface area (Å²) >= 11 is 0. The van der Waals surface area contributed by atoms with Gasteiger partial charge in [0.1, 0.15) is 6.04 Å². The van der Waals surface area contributed by atoms with Crippen LogP contribution in [-0.2, 0) is 17.8 Å². The summed E-state index contributed by atoms with van der Waals surface area (Å²) in [5, 5.41) is 12.3. The van der Waals surface area contributed by atoms with Crippen molar-refractivity contribution in [1.29, 1.82) is 0 Å². The molecule has 2 aromatic rings. The van der Waals surface area contributed by atoms with Crippen LogP contribution in [0.5, 0.6) is 11.5 Å². The van der Waals surface area contributed by atoms with Crippen molar-refractivity contribution in [2.75, 3.05) is 13.7 Å². The van der Waals surface area contributed by atoms with Gasteiger partial charge >= 0.3 is 5.97 Å². The minimum absolute atomic E-state index is 0.00925. The Morgan fingerprint density at radius 3 is 2.42 bits per heavy atom. The third kappa shape index (κ3) is 5.77. The first-order valence-corrected chi connectivity index (χ1v) is 8.81. The number of aliphatic carboxylic acids is 1. The largest absolute Gasteiger partial charge is 0.493 e. The molecule has 0 spiro atoms. The lowest BCUT2D eigenvalue weighted by Crippen LogP contribution is -2.40. The zero-order chi connectivity index (χ0) is 18.9. The molecule has 0 amide bonds. The molecule has 0 saturated heterocycles. The van der Waals surface area contributed by atoms with Gasteiger partial charge in [-0.3, -0.25) is 4.79 Å². The average Bonchev–Trinajstić information content (AvgIpc) is 2.63. The highest BCUT2D eigenvalue weighted by Crippen LogP contribution is 2.28. The summed E-state index contributed by atoms with van der Waals surface area (Å²) < 4.78 is 11.3. The zero-order valence-corrected chi connectivity index (χ0v) is 15.6. The van der Waals surface area contributed by atoms with Crippen LogP contribution in [0.3, 0.4) is 0 Å². The number of carboxylic acid groups (broad SMARTS) is 1. The van der Waals surface area contributed by atoms with E-state index in [1.54, 1.807) is 7.11 Å². The van der Waals surface area contributed by atoms with Gasteiger partial charge in [-0.05, 0) is 29.2 Å². The van der Waals surface area contributed by atoms with Crippen molar-refractivity contribution in [3.63, 3.8) is 0 Å². The van der Waals surface area contributed by atoms with E-state index in [9.17, 15) is 9.90 Å². The van der Waals surface area contributed by atoms with Crippen LogP contribution in [0.2, 0.25) is 0 Å². The first-order chi connectivity index (χ1) is 12.5. The molecule has 0 fully saturated rings. The summed E-state index contributed by atoms with van der Waals surface area (Å²) in [4.78, 5) is 11.3. The lowest BCUT2D eigenvalue weighted by Gasteiger charge is -2.18. The first-order valence-electron chi connectivity index (χ1n) is 8.81. The monoisotopic (exact) mass is 357 g/mol. The van der Waals surface area contributed by atoms with Crippen LogP contribution < -0.4 is 14.8 Å². The van der Waals surface area contributed by atoms with Crippen molar-refractivity contribution >= 4 is 5.97 Å². The van der Waals surface area contributed by atoms with Crippen LogP contribution in [0.25, 0.3) is 0 Å². The molecule has 0 aromatic heterocycles. The number of methoxy groups -OCH3 is 1. The second-order valence-electron chi connectivity index (χ2n) is 6.51. The van der Waals surface area contributed by atoms with Gasteiger partial charge in [-0.2, -0.15) is 0 Å². The Morgan fingerprint density at radius 2 is 1.81 bits per heavy atom. The molecule has 140 valence electrons. The molecule has 5 nitrogen and oxygen atoms in total. The van der Waals surface area contributed by atoms with E-state index >= 15 is 0 Å². The van der Waals surface area contributed by atoms with E-state index in [0.29, 0.717) is 24.7 Å². The fraction of sp³-hybridized carbons (Fsp3) is 0.381. The van der Waals surface area contributed by atoms with Crippen LogP contribution in [0.4, 0.5) is 0 Å². The van der Waals surface area contributed by atoms with Crippen molar-refractivity contribution in [3.05, 3.63) is 59.7 Å². The molecule has 1 unspecified atom stereocenters. The molecule has 0 radical (unpaired) electrons. The third-order valence-electron chi connectivity index (χ3n) is 4.18. The number of carbonyl (C=O) groups is 1. The summed E-state index contributed by atoms with van der Waals surface area (Å²) in [6.45, 7) is 4.79. The maximum atomic E-state index is 11.3. The van der Waals surface area contributed by atoms with Gasteiger partial charge in [0, 0.05) is 13.0 Å². The minimum atomic E-state index is -0.840. The Kier molecular flexibility index (Phi) is 7.48. The van der Waals surface area contributed by atoms with Gasteiger partial charge in [0.2, 0.25) is 0 Å². The number of carboxylic acids is 1. The van der Waals surface area contributed by atoms with Crippen molar-refractivity contribution in [2.45, 2.75) is 32.9 Å². The molecule has 2 rings (SSSR count). The fourth-order valence-electron chi connectivity index (χ4n) is 2.70. The highest BCUT2D eigenvalue weighted by Gasteiger charge is 2.20.